The maximum atomic E-state index is 5.95. The third kappa shape index (κ3) is 4.45. The van der Waals surface area contributed by atoms with Crippen molar-refractivity contribution in [3.8, 4) is 0 Å². The Bertz CT molecular complexity index is 369. The van der Waals surface area contributed by atoms with Crippen LogP contribution in [0, 0.1) is 0 Å². The van der Waals surface area contributed by atoms with E-state index >= 15 is 0 Å². The van der Waals surface area contributed by atoms with Crippen molar-refractivity contribution in [2.75, 3.05) is 13.8 Å². The van der Waals surface area contributed by atoms with Gasteiger partial charge in [-0.25, -0.2) is 0 Å². The highest BCUT2D eigenvalue weighted by molar-refractivity contribution is 5.20. The van der Waals surface area contributed by atoms with E-state index < -0.39 is 0 Å². The van der Waals surface area contributed by atoms with Gasteiger partial charge >= 0.3 is 0 Å². The van der Waals surface area contributed by atoms with E-state index in [1.807, 2.05) is 26.0 Å². The van der Waals surface area contributed by atoms with Crippen molar-refractivity contribution in [1.82, 2.24) is 10.2 Å². The Balaban J connectivity index is 2.59. The van der Waals surface area contributed by atoms with Gasteiger partial charge in [0.05, 0.1) is 12.3 Å². The van der Waals surface area contributed by atoms with Crippen LogP contribution < -0.4 is 11.1 Å². The number of nitrogens with one attached hydrogen (secondary N) is 1. The highest BCUT2D eigenvalue weighted by atomic mass is 16.5. The molecule has 0 aromatic heterocycles. The predicted octanol–water partition coefficient (Wildman–Crippen LogP) is 1.92. The van der Waals surface area contributed by atoms with Gasteiger partial charge in [0.15, 0.2) is 0 Å². The topological polar surface area (TPSA) is 50.5 Å². The fourth-order valence-electron chi connectivity index (χ4n) is 1.69. The Labute approximate surface area is 110 Å². The number of allylic oxidation sites excluding steroid dienone is 2. The molecule has 1 aliphatic heterocycles. The van der Waals surface area contributed by atoms with Crippen molar-refractivity contribution < 1.29 is 4.74 Å². The van der Waals surface area contributed by atoms with Gasteiger partial charge in [0.2, 0.25) is 0 Å². The van der Waals surface area contributed by atoms with Crippen LogP contribution in [0.4, 0.5) is 0 Å². The number of ether oxygens (including phenoxy) is 1. The van der Waals surface area contributed by atoms with Crippen molar-refractivity contribution in [3.63, 3.8) is 0 Å². The van der Waals surface area contributed by atoms with Crippen LogP contribution in [0.3, 0.4) is 0 Å². The van der Waals surface area contributed by atoms with Gasteiger partial charge in [0.1, 0.15) is 0 Å². The van der Waals surface area contributed by atoms with Crippen LogP contribution in [0.5, 0.6) is 0 Å². The second kappa shape index (κ2) is 5.96. The highest BCUT2D eigenvalue weighted by Gasteiger charge is 2.14. The zero-order valence-electron chi connectivity index (χ0n) is 12.0. The first-order valence-corrected chi connectivity index (χ1v) is 6.24. The van der Waals surface area contributed by atoms with E-state index in [0.29, 0.717) is 6.04 Å². The maximum Gasteiger partial charge on any atom is 0.0875 e. The van der Waals surface area contributed by atoms with Crippen LogP contribution in [0.15, 0.2) is 35.8 Å². The molecule has 4 nitrogen and oxygen atoms in total. The lowest BCUT2D eigenvalue weighted by Crippen LogP contribution is -2.28. The molecule has 0 saturated carbocycles. The Hall–Kier alpha value is -1.42. The molecule has 0 aliphatic carbocycles. The predicted molar refractivity (Wildman–Crippen MR) is 75.6 cm³/mol. The third-order valence-corrected chi connectivity index (χ3v) is 3.03. The van der Waals surface area contributed by atoms with Crippen LogP contribution >= 0.6 is 0 Å². The van der Waals surface area contributed by atoms with E-state index in [1.165, 1.54) is 5.70 Å². The monoisotopic (exact) mass is 251 g/mol. The molecule has 0 bridgehead atoms. The van der Waals surface area contributed by atoms with E-state index in [0.717, 1.165) is 12.4 Å². The van der Waals surface area contributed by atoms with Gasteiger partial charge in [-0.1, -0.05) is 6.08 Å². The lowest BCUT2D eigenvalue weighted by molar-refractivity contribution is 0.0650. The lowest BCUT2D eigenvalue weighted by atomic mass is 10.1. The molecular weight excluding hydrogens is 226 g/mol. The lowest BCUT2D eigenvalue weighted by Gasteiger charge is -2.21. The minimum Gasteiger partial charge on any atom is -0.399 e. The van der Waals surface area contributed by atoms with Gasteiger partial charge in [-0.05, 0) is 39.8 Å². The first kappa shape index (κ1) is 14.6. The summed E-state index contributed by atoms with van der Waals surface area (Å²) >= 11 is 0. The summed E-state index contributed by atoms with van der Waals surface area (Å²) in [5.74, 6) is 0. The van der Waals surface area contributed by atoms with Crippen molar-refractivity contribution in [2.24, 2.45) is 5.73 Å². The molecular formula is C14H25N3O. The summed E-state index contributed by atoms with van der Waals surface area (Å²) in [6.07, 6.45) is 8.06. The molecule has 0 amide bonds. The molecule has 1 unspecified atom stereocenters. The molecule has 0 aromatic rings. The molecule has 0 aromatic carbocycles. The van der Waals surface area contributed by atoms with Crippen LogP contribution in [0.1, 0.15) is 27.7 Å². The minimum atomic E-state index is -0.330. The van der Waals surface area contributed by atoms with Crippen molar-refractivity contribution >= 4 is 0 Å². The second-order valence-electron chi connectivity index (χ2n) is 5.21. The zero-order chi connectivity index (χ0) is 13.8. The largest absolute Gasteiger partial charge is 0.399 e. The van der Waals surface area contributed by atoms with E-state index in [-0.39, 0.29) is 5.60 Å². The molecule has 3 N–H and O–H groups in total. The van der Waals surface area contributed by atoms with Gasteiger partial charge in [-0.15, -0.1) is 0 Å². The molecule has 18 heavy (non-hydrogen) atoms. The first-order chi connectivity index (χ1) is 8.34. The summed E-state index contributed by atoms with van der Waals surface area (Å²) in [5.41, 5.74) is 7.54. The van der Waals surface area contributed by atoms with Gasteiger partial charge in [-0.2, -0.15) is 0 Å². The third-order valence-electron chi connectivity index (χ3n) is 3.03. The number of nitrogens with two attached hydrogens (primary N) is 1. The molecule has 1 heterocycles. The Morgan fingerprint density at radius 3 is 2.78 bits per heavy atom. The normalized spacial score (nSPS) is 19.1. The summed E-state index contributed by atoms with van der Waals surface area (Å²) < 4.78 is 5.31. The molecule has 1 atom stereocenters. The summed E-state index contributed by atoms with van der Waals surface area (Å²) in [4.78, 5) is 2.22. The Kier molecular flexibility index (Phi) is 4.84. The number of rotatable bonds is 5. The van der Waals surface area contributed by atoms with Crippen molar-refractivity contribution in [2.45, 2.75) is 39.3 Å². The average Bonchev–Trinajstić information content (AvgIpc) is 2.72. The van der Waals surface area contributed by atoms with E-state index in [2.05, 4.69) is 36.3 Å². The maximum absolute atomic E-state index is 5.95. The molecule has 0 fully saturated rings. The molecule has 1 rings (SSSR count). The number of hydrogen-bond acceptors (Lipinski definition) is 4. The van der Waals surface area contributed by atoms with Gasteiger partial charge < -0.3 is 20.7 Å². The van der Waals surface area contributed by atoms with Gasteiger partial charge in [-0.3, -0.25) is 0 Å². The van der Waals surface area contributed by atoms with E-state index in [9.17, 15) is 0 Å². The molecule has 0 saturated heterocycles. The summed E-state index contributed by atoms with van der Waals surface area (Å²) in [5, 5.41) is 3.27. The molecule has 102 valence electrons. The SMILES string of the molecule is COC(C)(C)/C=C(N)\C=C/C(C)N1C=C(C)NC1. The number of nitrogens with zero attached hydrogens (tertiary/aromatic N) is 1. The van der Waals surface area contributed by atoms with E-state index in [1.54, 1.807) is 7.11 Å². The number of hydrogen-bond donors (Lipinski definition) is 2. The van der Waals surface area contributed by atoms with E-state index in [4.69, 9.17) is 10.5 Å². The van der Waals surface area contributed by atoms with Crippen LogP contribution in [0.25, 0.3) is 0 Å². The summed E-state index contributed by atoms with van der Waals surface area (Å²) in [6, 6.07) is 0.313. The molecule has 1 aliphatic rings. The summed E-state index contributed by atoms with van der Waals surface area (Å²) in [7, 11) is 1.68. The summed E-state index contributed by atoms with van der Waals surface area (Å²) in [6.45, 7) is 9.01. The number of methoxy groups -OCH3 is 1. The Morgan fingerprint density at radius 1 is 1.61 bits per heavy atom. The second-order valence-corrected chi connectivity index (χ2v) is 5.21. The standard InChI is InChI=1S/C14H25N3O/c1-11-9-17(10-16-11)12(2)6-7-13(15)8-14(3,4)18-5/h6-9,12,16H,10,15H2,1-5H3/b7-6-,13-8+. The fraction of sp³-hybridized carbons (Fsp3) is 0.571. The highest BCUT2D eigenvalue weighted by Crippen LogP contribution is 2.12. The van der Waals surface area contributed by atoms with Crippen LogP contribution in [-0.4, -0.2) is 30.3 Å². The van der Waals surface area contributed by atoms with Gasteiger partial charge in [0, 0.05) is 30.7 Å². The zero-order valence-corrected chi connectivity index (χ0v) is 12.0. The Morgan fingerprint density at radius 2 is 2.28 bits per heavy atom. The van der Waals surface area contributed by atoms with Crippen molar-refractivity contribution in [1.29, 1.82) is 0 Å². The fourth-order valence-corrected chi connectivity index (χ4v) is 1.69. The quantitative estimate of drug-likeness (QED) is 0.733. The smallest absolute Gasteiger partial charge is 0.0875 e. The average molecular weight is 251 g/mol. The van der Waals surface area contributed by atoms with Crippen molar-refractivity contribution in [3.05, 3.63) is 35.8 Å². The molecule has 0 radical (unpaired) electrons. The van der Waals surface area contributed by atoms with Gasteiger partial charge in [0.25, 0.3) is 0 Å². The first-order valence-electron chi connectivity index (χ1n) is 6.24. The molecule has 0 spiro atoms. The van der Waals surface area contributed by atoms with Crippen LogP contribution in [0.2, 0.25) is 0 Å². The van der Waals surface area contributed by atoms with Crippen LogP contribution in [-0.2, 0) is 4.74 Å². The molecule has 4 heteroatoms. The minimum absolute atomic E-state index is 0.313.